The number of hydrogen-bond donors (Lipinski definition) is 12. The summed E-state index contributed by atoms with van der Waals surface area (Å²) in [5.74, 6) is -9.36. The van der Waals surface area contributed by atoms with Gasteiger partial charge in [-0.3, -0.25) is 43.2 Å². The minimum absolute atomic E-state index is 0.0404. The monoisotopic (exact) mass is 940 g/mol. The lowest BCUT2D eigenvalue weighted by Crippen LogP contribution is -2.66. The zero-order chi connectivity index (χ0) is 49.5. The maximum Gasteiger partial charge on any atom is 0.408 e. The van der Waals surface area contributed by atoms with Crippen molar-refractivity contribution in [1.29, 1.82) is 0 Å². The summed E-state index contributed by atoms with van der Waals surface area (Å²) in [6.45, 7) is -0.492. The van der Waals surface area contributed by atoms with Gasteiger partial charge >= 0.3 is 18.0 Å². The molecule has 1 aliphatic rings. The number of carboxylic acids is 2. The number of phenolic OH excluding ortho intramolecular Hbond substituents is 1. The first kappa shape index (κ1) is 54.0. The smallest absolute Gasteiger partial charge is 0.408 e. The molecule has 23 heteroatoms. The quantitative estimate of drug-likeness (QED) is 0.0575. The molecule has 13 N–H and O–H groups in total. The number of nitrogens with two attached hydrogens (primary N) is 1. The van der Waals surface area contributed by atoms with Gasteiger partial charge in [-0.05, 0) is 55.9 Å². The van der Waals surface area contributed by atoms with E-state index in [0.29, 0.717) is 36.8 Å². The highest BCUT2D eigenvalue weighted by molar-refractivity contribution is 5.98. The largest absolute Gasteiger partial charge is 0.508 e. The number of rotatable bonds is 25. The van der Waals surface area contributed by atoms with Gasteiger partial charge in [0.05, 0.1) is 13.2 Å². The molecule has 0 aliphatic heterocycles. The lowest BCUT2D eigenvalue weighted by molar-refractivity contribution is -0.140. The van der Waals surface area contributed by atoms with Crippen LogP contribution in [0.1, 0.15) is 88.7 Å². The van der Waals surface area contributed by atoms with Crippen molar-refractivity contribution >= 4 is 59.4 Å². The third-order valence-electron chi connectivity index (χ3n) is 10.8. The molecule has 0 heterocycles. The predicted molar refractivity (Wildman–Crippen MR) is 235 cm³/mol. The van der Waals surface area contributed by atoms with Crippen LogP contribution in [-0.4, -0.2) is 129 Å². The molecule has 2 aromatic rings. The van der Waals surface area contributed by atoms with E-state index >= 15 is 0 Å². The van der Waals surface area contributed by atoms with Crippen LogP contribution < -0.4 is 43.0 Å². The molecular formula is C44H60N8O15. The van der Waals surface area contributed by atoms with Crippen LogP contribution in [0.15, 0.2) is 54.6 Å². The zero-order valence-corrected chi connectivity index (χ0v) is 37.0. The minimum atomic E-state index is -1.76. The summed E-state index contributed by atoms with van der Waals surface area (Å²) in [6, 6.07) is 6.99. The van der Waals surface area contributed by atoms with Crippen LogP contribution in [0.3, 0.4) is 0 Å². The Hall–Kier alpha value is -7.30. The number of amides is 8. The Morgan fingerprint density at radius 3 is 1.81 bits per heavy atom. The zero-order valence-electron chi connectivity index (χ0n) is 37.0. The Kier molecular flexibility index (Phi) is 22.0. The summed E-state index contributed by atoms with van der Waals surface area (Å²) in [5, 5.41) is 55.6. The molecule has 1 aliphatic carbocycles. The molecule has 3 rings (SSSR count). The van der Waals surface area contributed by atoms with Crippen LogP contribution in [0.25, 0.3) is 0 Å². The van der Waals surface area contributed by atoms with E-state index in [1.807, 2.05) is 0 Å². The van der Waals surface area contributed by atoms with Crippen molar-refractivity contribution in [3.63, 3.8) is 0 Å². The van der Waals surface area contributed by atoms with Gasteiger partial charge in [-0.15, -0.1) is 0 Å². The summed E-state index contributed by atoms with van der Waals surface area (Å²) in [4.78, 5) is 128. The van der Waals surface area contributed by atoms with Crippen LogP contribution >= 0.6 is 0 Å². The van der Waals surface area contributed by atoms with Crippen molar-refractivity contribution in [2.24, 2.45) is 5.73 Å². The Labute approximate surface area is 385 Å². The Morgan fingerprint density at radius 1 is 0.657 bits per heavy atom. The molecule has 1 fully saturated rings. The van der Waals surface area contributed by atoms with Gasteiger partial charge < -0.3 is 68.1 Å². The van der Waals surface area contributed by atoms with E-state index in [1.54, 1.807) is 30.3 Å². The number of carboxylic acid groups (broad SMARTS) is 2. The Balaban J connectivity index is 1.76. The third-order valence-corrected chi connectivity index (χ3v) is 10.8. The van der Waals surface area contributed by atoms with E-state index in [0.717, 1.165) is 6.42 Å². The second kappa shape index (κ2) is 27.2. The number of aliphatic hydroxyl groups is 1. The number of primary amides is 1. The fourth-order valence-corrected chi connectivity index (χ4v) is 7.02. The first-order valence-electron chi connectivity index (χ1n) is 21.7. The van der Waals surface area contributed by atoms with Crippen molar-refractivity contribution in [3.05, 3.63) is 65.7 Å². The number of carbonyl (C=O) groups is 10. The fraction of sp³-hybridized carbons (Fsp3) is 0.500. The van der Waals surface area contributed by atoms with Gasteiger partial charge in [-0.25, -0.2) is 4.79 Å². The van der Waals surface area contributed by atoms with Gasteiger partial charge in [0.2, 0.25) is 41.4 Å². The average Bonchev–Trinajstić information content (AvgIpc) is 3.27. The molecule has 0 radical (unpaired) electrons. The number of nitrogens with one attached hydrogen (secondary N) is 7. The molecule has 2 aromatic carbocycles. The van der Waals surface area contributed by atoms with Crippen LogP contribution in [0.5, 0.6) is 5.75 Å². The van der Waals surface area contributed by atoms with Crippen molar-refractivity contribution in [3.8, 4) is 5.75 Å². The molecule has 0 saturated heterocycles. The SMILES string of the molecule is C[C@H](NC(=O)OCc1ccccc1)C(=O)NCC(=O)N[C@@H](CCC(=O)O)C(=O)N[C@@H](CO)C(=O)NC1(C(=O)N[C@@H](Cc2ccc(O)cc2)C(=O)N[C@@H](CCC(=O)O)C(N)=O)CCCCCCC1. The van der Waals surface area contributed by atoms with E-state index in [2.05, 4.69) is 37.2 Å². The second-order valence-electron chi connectivity index (χ2n) is 16.1. The average molecular weight is 941 g/mol. The Bertz CT molecular complexity index is 2050. The van der Waals surface area contributed by atoms with Crippen molar-refractivity contribution in [2.45, 2.75) is 126 Å². The van der Waals surface area contributed by atoms with E-state index in [-0.39, 0.29) is 38.0 Å². The van der Waals surface area contributed by atoms with Crippen molar-refractivity contribution in [1.82, 2.24) is 37.2 Å². The highest BCUT2D eigenvalue weighted by atomic mass is 16.5. The van der Waals surface area contributed by atoms with Gasteiger partial charge in [-0.2, -0.15) is 0 Å². The third kappa shape index (κ3) is 19.0. The molecule has 366 valence electrons. The molecule has 0 unspecified atom stereocenters. The summed E-state index contributed by atoms with van der Waals surface area (Å²) in [5.41, 5.74) is 4.86. The molecule has 8 amide bonds. The summed E-state index contributed by atoms with van der Waals surface area (Å²) >= 11 is 0. The van der Waals surface area contributed by atoms with Gasteiger partial charge in [0.25, 0.3) is 0 Å². The fourth-order valence-electron chi connectivity index (χ4n) is 7.02. The lowest BCUT2D eigenvalue weighted by Gasteiger charge is -2.37. The van der Waals surface area contributed by atoms with Crippen molar-refractivity contribution in [2.75, 3.05) is 13.2 Å². The number of ether oxygens (including phenoxy) is 1. The molecule has 0 bridgehead atoms. The molecule has 67 heavy (non-hydrogen) atoms. The number of aromatic hydroxyl groups is 1. The van der Waals surface area contributed by atoms with Gasteiger partial charge in [-0.1, -0.05) is 74.6 Å². The summed E-state index contributed by atoms with van der Waals surface area (Å²) < 4.78 is 5.09. The number of hydrogen-bond acceptors (Lipinski definition) is 13. The standard InChI is InChI=1S/C44H60N8O15/c1-26(47-43(66)67-25-28-10-6-5-7-11-28)38(61)46-23-34(55)48-31(17-19-36(58)59)39(62)50-33(24-53)41(64)52-44(20-8-3-2-4-9-21-44)42(65)51-32(22-27-12-14-29(54)15-13-27)40(63)49-30(37(45)60)16-18-35(56)57/h5-7,10-15,26,30-33,53-54H,2-4,8-9,16-25H2,1H3,(H2,45,60)(H,46,61)(H,47,66)(H,48,55)(H,49,63)(H,50,62)(H,51,65)(H,52,64)(H,56,57)(H,58,59)/t26-,30-,31-,32-,33-/m0/s1. The molecule has 5 atom stereocenters. The highest BCUT2D eigenvalue weighted by Crippen LogP contribution is 2.28. The van der Waals surface area contributed by atoms with E-state index < -0.39 is 128 Å². The number of phenols is 1. The second-order valence-corrected chi connectivity index (χ2v) is 16.1. The lowest BCUT2D eigenvalue weighted by atomic mass is 9.82. The molecule has 0 aromatic heterocycles. The number of carbonyl (C=O) groups excluding carboxylic acids is 8. The van der Waals surface area contributed by atoms with Crippen LogP contribution in [0, 0.1) is 0 Å². The molecule has 1 saturated carbocycles. The molecular weight excluding hydrogens is 881 g/mol. The minimum Gasteiger partial charge on any atom is -0.508 e. The number of aliphatic carboxylic acids is 2. The van der Waals surface area contributed by atoms with E-state index in [4.69, 9.17) is 15.6 Å². The molecule has 0 spiro atoms. The van der Waals surface area contributed by atoms with Crippen LogP contribution in [0.4, 0.5) is 4.79 Å². The number of alkyl carbamates (subject to hydrolysis) is 1. The summed E-state index contributed by atoms with van der Waals surface area (Å²) in [7, 11) is 0. The molecule has 23 nitrogen and oxygen atoms in total. The van der Waals surface area contributed by atoms with Gasteiger partial charge in [0, 0.05) is 19.3 Å². The normalized spacial score (nSPS) is 15.4. The maximum atomic E-state index is 14.5. The van der Waals surface area contributed by atoms with Crippen LogP contribution in [0.2, 0.25) is 0 Å². The van der Waals surface area contributed by atoms with Gasteiger partial charge in [0.1, 0.15) is 48.1 Å². The van der Waals surface area contributed by atoms with E-state index in [9.17, 15) is 63.3 Å². The Morgan fingerprint density at radius 2 is 1.22 bits per heavy atom. The predicted octanol–water partition coefficient (Wildman–Crippen LogP) is -0.888. The first-order chi connectivity index (χ1) is 31.8. The van der Waals surface area contributed by atoms with Crippen LogP contribution in [-0.2, 0) is 60.9 Å². The number of benzene rings is 2. The van der Waals surface area contributed by atoms with E-state index in [1.165, 1.54) is 31.2 Å². The first-order valence-corrected chi connectivity index (χ1v) is 21.7. The van der Waals surface area contributed by atoms with Gasteiger partial charge in [0.15, 0.2) is 0 Å². The highest BCUT2D eigenvalue weighted by Gasteiger charge is 2.43. The van der Waals surface area contributed by atoms with Crippen molar-refractivity contribution < 1.29 is 73.1 Å². The number of aliphatic hydroxyl groups excluding tert-OH is 1. The topological polar surface area (TPSA) is 371 Å². The maximum absolute atomic E-state index is 14.5. The summed E-state index contributed by atoms with van der Waals surface area (Å²) in [6.07, 6.45) is -0.0264.